The van der Waals surface area contributed by atoms with Crippen molar-refractivity contribution in [3.8, 4) is 17.3 Å². The maximum Gasteiger partial charge on any atom is 0.184 e. The van der Waals surface area contributed by atoms with Crippen LogP contribution in [0.2, 0.25) is 0 Å². The molecular formula is C20H18F2N6O. The van der Waals surface area contributed by atoms with E-state index in [2.05, 4.69) is 15.1 Å². The Bertz CT molecular complexity index is 1160. The lowest BCUT2D eigenvalue weighted by Crippen LogP contribution is -2.07. The van der Waals surface area contributed by atoms with Crippen LogP contribution in [0.3, 0.4) is 0 Å². The van der Waals surface area contributed by atoms with Crippen LogP contribution in [0.5, 0.6) is 5.75 Å². The van der Waals surface area contributed by atoms with Gasteiger partial charge >= 0.3 is 0 Å². The molecule has 29 heavy (non-hydrogen) atoms. The van der Waals surface area contributed by atoms with Crippen LogP contribution in [0.15, 0.2) is 42.5 Å². The van der Waals surface area contributed by atoms with Crippen molar-refractivity contribution in [3.05, 3.63) is 59.7 Å². The Morgan fingerprint density at radius 2 is 1.66 bits per heavy atom. The minimum Gasteiger partial charge on any atom is -0.494 e. The van der Waals surface area contributed by atoms with E-state index < -0.39 is 11.6 Å². The highest BCUT2D eigenvalue weighted by atomic mass is 19.1. The molecule has 4 N–H and O–H groups in total. The van der Waals surface area contributed by atoms with Crippen LogP contribution in [0.4, 0.5) is 20.4 Å². The molecule has 0 spiro atoms. The number of nitrogen functional groups attached to an aromatic ring is 2. The zero-order valence-electron chi connectivity index (χ0n) is 15.6. The summed E-state index contributed by atoms with van der Waals surface area (Å²) in [6.07, 6.45) is 0. The zero-order chi connectivity index (χ0) is 20.5. The maximum absolute atomic E-state index is 14.5. The van der Waals surface area contributed by atoms with Gasteiger partial charge in [-0.3, -0.25) is 4.68 Å². The fourth-order valence-electron chi connectivity index (χ4n) is 3.14. The normalized spacial score (nSPS) is 11.1. The molecule has 0 saturated carbocycles. The van der Waals surface area contributed by atoms with E-state index in [9.17, 15) is 8.78 Å². The molecule has 0 saturated heterocycles. The average molecular weight is 396 g/mol. The maximum atomic E-state index is 14.5. The number of ether oxygens (including phenoxy) is 1. The van der Waals surface area contributed by atoms with Gasteiger partial charge in [-0.05, 0) is 13.0 Å². The first kappa shape index (κ1) is 18.6. The number of benzene rings is 2. The first-order valence-electron chi connectivity index (χ1n) is 8.93. The number of nitrogens with two attached hydrogens (primary N) is 2. The van der Waals surface area contributed by atoms with E-state index in [-0.39, 0.29) is 35.3 Å². The fraction of sp³-hybridized carbons (Fsp3) is 0.150. The summed E-state index contributed by atoms with van der Waals surface area (Å²) in [6, 6.07) is 11.0. The second-order valence-corrected chi connectivity index (χ2v) is 6.36. The summed E-state index contributed by atoms with van der Waals surface area (Å²) < 4.78 is 35.8. The summed E-state index contributed by atoms with van der Waals surface area (Å²) in [7, 11) is 0. The Labute approximate surface area is 164 Å². The van der Waals surface area contributed by atoms with Crippen molar-refractivity contribution in [2.24, 2.45) is 0 Å². The van der Waals surface area contributed by atoms with Gasteiger partial charge in [0.1, 0.15) is 34.7 Å². The highest BCUT2D eigenvalue weighted by Gasteiger charge is 2.19. The van der Waals surface area contributed by atoms with E-state index >= 15 is 0 Å². The Morgan fingerprint density at radius 1 is 1.00 bits per heavy atom. The predicted molar refractivity (Wildman–Crippen MR) is 106 cm³/mol. The van der Waals surface area contributed by atoms with Crippen molar-refractivity contribution < 1.29 is 13.5 Å². The molecule has 7 nitrogen and oxygen atoms in total. The third-order valence-electron chi connectivity index (χ3n) is 4.37. The second-order valence-electron chi connectivity index (χ2n) is 6.36. The van der Waals surface area contributed by atoms with E-state index in [0.717, 1.165) is 12.1 Å². The van der Waals surface area contributed by atoms with Crippen LogP contribution in [0.1, 0.15) is 12.5 Å². The number of hydrogen-bond donors (Lipinski definition) is 2. The van der Waals surface area contributed by atoms with Gasteiger partial charge in [0.2, 0.25) is 0 Å². The second kappa shape index (κ2) is 7.34. The molecule has 148 valence electrons. The van der Waals surface area contributed by atoms with Gasteiger partial charge in [-0.1, -0.05) is 18.2 Å². The van der Waals surface area contributed by atoms with E-state index in [1.807, 2.05) is 18.2 Å². The molecule has 4 rings (SSSR count). The minimum atomic E-state index is -0.709. The number of hydrogen-bond acceptors (Lipinski definition) is 6. The molecule has 0 aliphatic rings. The number of halogens is 2. The Kier molecular flexibility index (Phi) is 4.71. The van der Waals surface area contributed by atoms with Gasteiger partial charge in [0.15, 0.2) is 5.82 Å². The first-order chi connectivity index (χ1) is 14.0. The van der Waals surface area contributed by atoms with E-state index in [1.165, 1.54) is 10.7 Å². The van der Waals surface area contributed by atoms with Gasteiger partial charge in [-0.2, -0.15) is 5.10 Å². The number of aromatic nitrogens is 4. The number of rotatable bonds is 5. The van der Waals surface area contributed by atoms with Gasteiger partial charge in [-0.15, -0.1) is 0 Å². The molecule has 0 amide bonds. The van der Waals surface area contributed by atoms with Crippen molar-refractivity contribution >= 4 is 22.5 Å². The third-order valence-corrected chi connectivity index (χ3v) is 4.37. The van der Waals surface area contributed by atoms with Crippen LogP contribution in [-0.2, 0) is 6.54 Å². The van der Waals surface area contributed by atoms with Gasteiger partial charge in [0, 0.05) is 29.1 Å². The number of anilines is 2. The lowest BCUT2D eigenvalue weighted by Gasteiger charge is -2.09. The van der Waals surface area contributed by atoms with Gasteiger partial charge in [0.25, 0.3) is 0 Å². The minimum absolute atomic E-state index is 0.123. The third kappa shape index (κ3) is 3.54. The van der Waals surface area contributed by atoms with Crippen LogP contribution in [0.25, 0.3) is 22.4 Å². The Morgan fingerprint density at radius 3 is 2.31 bits per heavy atom. The quantitative estimate of drug-likeness (QED) is 0.536. The highest BCUT2D eigenvalue weighted by molar-refractivity contribution is 5.92. The van der Waals surface area contributed by atoms with Crippen LogP contribution in [0, 0.1) is 11.6 Å². The molecule has 0 unspecified atom stereocenters. The molecule has 2 aromatic carbocycles. The lowest BCUT2D eigenvalue weighted by atomic mass is 10.1. The molecule has 0 radical (unpaired) electrons. The highest BCUT2D eigenvalue weighted by Crippen LogP contribution is 2.28. The van der Waals surface area contributed by atoms with Crippen molar-refractivity contribution in [2.75, 3.05) is 18.1 Å². The molecule has 0 aliphatic carbocycles. The van der Waals surface area contributed by atoms with Crippen LogP contribution < -0.4 is 16.2 Å². The Hall–Kier alpha value is -3.75. The molecule has 0 atom stereocenters. The summed E-state index contributed by atoms with van der Waals surface area (Å²) in [6.45, 7) is 1.93. The summed E-state index contributed by atoms with van der Waals surface area (Å²) >= 11 is 0. The molecule has 0 aliphatic heterocycles. The number of para-hydroxylation sites is 1. The molecule has 0 fully saturated rings. The summed E-state index contributed by atoms with van der Waals surface area (Å²) in [4.78, 5) is 8.38. The van der Waals surface area contributed by atoms with Gasteiger partial charge in [0.05, 0.1) is 18.7 Å². The standard InChI is InChI=1S/C20H18F2N6O/c1-2-29-11-7-14(21)13(15(22)8-11)10-28-16-6-4-3-5-12(16)19(27-28)20-25-17(23)9-18(24)26-20/h3-9H,2,10H2,1H3,(H4,23,24,25,26). The zero-order valence-corrected chi connectivity index (χ0v) is 15.6. The largest absolute Gasteiger partial charge is 0.494 e. The summed E-state index contributed by atoms with van der Waals surface area (Å²) in [5, 5.41) is 5.21. The number of fused-ring (bicyclic) bond motifs is 1. The van der Waals surface area contributed by atoms with E-state index in [1.54, 1.807) is 13.0 Å². The van der Waals surface area contributed by atoms with E-state index in [4.69, 9.17) is 16.2 Å². The smallest absolute Gasteiger partial charge is 0.184 e. The first-order valence-corrected chi connectivity index (χ1v) is 8.93. The van der Waals surface area contributed by atoms with Gasteiger partial charge < -0.3 is 16.2 Å². The monoisotopic (exact) mass is 396 g/mol. The molecule has 4 aromatic rings. The molecule has 2 aromatic heterocycles. The van der Waals surface area contributed by atoms with E-state index in [0.29, 0.717) is 23.2 Å². The topological polar surface area (TPSA) is 105 Å². The molecular weight excluding hydrogens is 378 g/mol. The van der Waals surface area contributed by atoms with Crippen molar-refractivity contribution in [1.29, 1.82) is 0 Å². The Balaban J connectivity index is 1.82. The van der Waals surface area contributed by atoms with Gasteiger partial charge in [-0.25, -0.2) is 18.7 Å². The fourth-order valence-corrected chi connectivity index (χ4v) is 3.14. The summed E-state index contributed by atoms with van der Waals surface area (Å²) in [5.41, 5.74) is 12.5. The lowest BCUT2D eigenvalue weighted by molar-refractivity contribution is 0.335. The average Bonchev–Trinajstić information content (AvgIpc) is 3.03. The molecule has 2 heterocycles. The van der Waals surface area contributed by atoms with Crippen molar-refractivity contribution in [3.63, 3.8) is 0 Å². The van der Waals surface area contributed by atoms with Crippen molar-refractivity contribution in [1.82, 2.24) is 19.7 Å². The summed E-state index contributed by atoms with van der Waals surface area (Å²) in [5.74, 6) is -0.631. The predicted octanol–water partition coefficient (Wildman–Crippen LogP) is 3.38. The van der Waals surface area contributed by atoms with Crippen LogP contribution in [-0.4, -0.2) is 26.4 Å². The SMILES string of the molecule is CCOc1cc(F)c(Cn2nc(-c3nc(N)cc(N)n3)c3ccccc32)c(F)c1. The molecule has 0 bridgehead atoms. The number of nitrogens with zero attached hydrogens (tertiary/aromatic N) is 4. The van der Waals surface area contributed by atoms with Crippen LogP contribution >= 0.6 is 0 Å². The molecule has 9 heteroatoms. The van der Waals surface area contributed by atoms with Crippen molar-refractivity contribution in [2.45, 2.75) is 13.5 Å².